The van der Waals surface area contributed by atoms with Crippen molar-refractivity contribution in [1.29, 1.82) is 0 Å². The van der Waals surface area contributed by atoms with Crippen LogP contribution in [-0.4, -0.2) is 4.11 Å². The molecule has 1 unspecified atom stereocenters. The van der Waals surface area contributed by atoms with Gasteiger partial charge in [0.25, 0.3) is 0 Å². The lowest BCUT2D eigenvalue weighted by atomic mass is 10.3. The average molecular weight is 260 g/mol. The van der Waals surface area contributed by atoms with Crippen LogP contribution >= 0.6 is 22.6 Å². The standard InChI is InChI=1S/C9H9IO/c1-2-9(10)11-8-6-4-3-5-7-8/h2-7,9H,1H2. The molecule has 0 aliphatic heterocycles. The summed E-state index contributed by atoms with van der Waals surface area (Å²) in [6.07, 6.45) is 1.76. The lowest BCUT2D eigenvalue weighted by Gasteiger charge is -2.07. The van der Waals surface area contributed by atoms with Crippen LogP contribution in [0.1, 0.15) is 0 Å². The van der Waals surface area contributed by atoms with Crippen LogP contribution in [0.3, 0.4) is 0 Å². The molecule has 0 saturated carbocycles. The molecule has 0 aliphatic rings. The number of halogens is 1. The Balaban J connectivity index is 2.57. The second-order valence-electron chi connectivity index (χ2n) is 2.02. The summed E-state index contributed by atoms with van der Waals surface area (Å²) < 4.78 is 5.48. The van der Waals surface area contributed by atoms with Crippen LogP contribution in [0.15, 0.2) is 43.0 Å². The minimum Gasteiger partial charge on any atom is -0.476 e. The second-order valence-corrected chi connectivity index (χ2v) is 3.25. The van der Waals surface area contributed by atoms with Crippen molar-refractivity contribution in [3.63, 3.8) is 0 Å². The van der Waals surface area contributed by atoms with Gasteiger partial charge in [-0.2, -0.15) is 0 Å². The van der Waals surface area contributed by atoms with Crippen molar-refractivity contribution < 1.29 is 4.74 Å². The Morgan fingerprint density at radius 1 is 1.36 bits per heavy atom. The van der Waals surface area contributed by atoms with Gasteiger partial charge < -0.3 is 4.74 Å². The van der Waals surface area contributed by atoms with Gasteiger partial charge in [-0.1, -0.05) is 24.8 Å². The molecule has 1 rings (SSSR count). The smallest absolute Gasteiger partial charge is 0.167 e. The van der Waals surface area contributed by atoms with Crippen molar-refractivity contribution >= 4 is 22.6 Å². The minimum atomic E-state index is 0.0509. The first-order valence-electron chi connectivity index (χ1n) is 3.31. The maximum absolute atomic E-state index is 5.43. The summed E-state index contributed by atoms with van der Waals surface area (Å²) in [6, 6.07) is 9.71. The Kier molecular flexibility index (Phi) is 3.42. The van der Waals surface area contributed by atoms with Crippen LogP contribution in [0, 0.1) is 0 Å². The van der Waals surface area contributed by atoms with Gasteiger partial charge in [0.15, 0.2) is 4.11 Å². The van der Waals surface area contributed by atoms with Crippen molar-refractivity contribution in [2.24, 2.45) is 0 Å². The Morgan fingerprint density at radius 3 is 2.55 bits per heavy atom. The highest BCUT2D eigenvalue weighted by atomic mass is 127. The second kappa shape index (κ2) is 4.38. The van der Waals surface area contributed by atoms with Gasteiger partial charge in [0, 0.05) is 0 Å². The monoisotopic (exact) mass is 260 g/mol. The Morgan fingerprint density at radius 2 is 2.00 bits per heavy atom. The summed E-state index contributed by atoms with van der Waals surface area (Å²) in [5.74, 6) is 0.881. The molecule has 0 bridgehead atoms. The van der Waals surface area contributed by atoms with Crippen molar-refractivity contribution in [3.05, 3.63) is 43.0 Å². The quantitative estimate of drug-likeness (QED) is 0.461. The molecule has 1 nitrogen and oxygen atoms in total. The number of ether oxygens (including phenoxy) is 1. The van der Waals surface area contributed by atoms with Gasteiger partial charge in [-0.3, -0.25) is 0 Å². The Hall–Kier alpha value is -0.510. The van der Waals surface area contributed by atoms with E-state index in [0.29, 0.717) is 0 Å². The molecule has 0 saturated heterocycles. The van der Waals surface area contributed by atoms with E-state index in [2.05, 4.69) is 29.2 Å². The number of rotatable bonds is 3. The van der Waals surface area contributed by atoms with Crippen LogP contribution in [0.4, 0.5) is 0 Å². The molecule has 0 spiro atoms. The first-order chi connectivity index (χ1) is 5.33. The lowest BCUT2D eigenvalue weighted by molar-refractivity contribution is 0.346. The predicted molar refractivity (Wildman–Crippen MR) is 55.1 cm³/mol. The van der Waals surface area contributed by atoms with E-state index in [-0.39, 0.29) is 4.11 Å². The SMILES string of the molecule is C=CC(I)Oc1ccccc1. The molecule has 1 aromatic carbocycles. The fourth-order valence-electron chi connectivity index (χ4n) is 0.677. The highest BCUT2D eigenvalue weighted by Crippen LogP contribution is 2.14. The summed E-state index contributed by atoms with van der Waals surface area (Å²) in [7, 11) is 0. The maximum atomic E-state index is 5.43. The third kappa shape index (κ3) is 2.93. The van der Waals surface area contributed by atoms with Crippen LogP contribution < -0.4 is 4.74 Å². The first-order valence-corrected chi connectivity index (χ1v) is 4.56. The van der Waals surface area contributed by atoms with Gasteiger partial charge in [0.1, 0.15) is 5.75 Å². The molecule has 0 fully saturated rings. The molecule has 1 aromatic rings. The average Bonchev–Trinajstić information content (AvgIpc) is 2.06. The van der Waals surface area contributed by atoms with E-state index < -0.39 is 0 Å². The number of alkyl halides is 1. The third-order valence-corrected chi connectivity index (χ3v) is 1.94. The molecule has 0 aromatic heterocycles. The van der Waals surface area contributed by atoms with Crippen LogP contribution in [0.25, 0.3) is 0 Å². The molecular formula is C9H9IO. The van der Waals surface area contributed by atoms with E-state index in [1.165, 1.54) is 0 Å². The van der Waals surface area contributed by atoms with Gasteiger partial charge in [0.2, 0.25) is 0 Å². The van der Waals surface area contributed by atoms with Crippen LogP contribution in [0.5, 0.6) is 5.75 Å². The number of benzene rings is 1. The van der Waals surface area contributed by atoms with Gasteiger partial charge in [-0.25, -0.2) is 0 Å². The maximum Gasteiger partial charge on any atom is 0.167 e. The van der Waals surface area contributed by atoms with Crippen LogP contribution in [-0.2, 0) is 0 Å². The van der Waals surface area contributed by atoms with Crippen molar-refractivity contribution in [1.82, 2.24) is 0 Å². The van der Waals surface area contributed by atoms with Gasteiger partial charge in [-0.05, 0) is 40.8 Å². The molecule has 11 heavy (non-hydrogen) atoms. The lowest BCUT2D eigenvalue weighted by Crippen LogP contribution is -2.02. The molecule has 0 heterocycles. The van der Waals surface area contributed by atoms with E-state index in [1.54, 1.807) is 6.08 Å². The number of hydrogen-bond acceptors (Lipinski definition) is 1. The van der Waals surface area contributed by atoms with Gasteiger partial charge in [0.05, 0.1) is 0 Å². The third-order valence-electron chi connectivity index (χ3n) is 1.18. The largest absolute Gasteiger partial charge is 0.476 e. The summed E-state index contributed by atoms with van der Waals surface area (Å²) in [4.78, 5) is 0. The Bertz CT molecular complexity index is 220. The Labute approximate surface area is 80.2 Å². The molecule has 1 atom stereocenters. The molecule has 0 amide bonds. The topological polar surface area (TPSA) is 9.23 Å². The van der Waals surface area contributed by atoms with E-state index in [1.807, 2.05) is 30.3 Å². The predicted octanol–water partition coefficient (Wildman–Crippen LogP) is 3.01. The van der Waals surface area contributed by atoms with E-state index in [9.17, 15) is 0 Å². The summed E-state index contributed by atoms with van der Waals surface area (Å²) in [5.41, 5.74) is 0. The van der Waals surface area contributed by atoms with Gasteiger partial charge >= 0.3 is 0 Å². The number of para-hydroxylation sites is 1. The zero-order valence-corrected chi connectivity index (χ0v) is 8.19. The molecule has 0 aliphatic carbocycles. The molecule has 2 heteroatoms. The highest BCUT2D eigenvalue weighted by Gasteiger charge is 1.97. The molecular weight excluding hydrogens is 251 g/mol. The zero-order chi connectivity index (χ0) is 8.10. The van der Waals surface area contributed by atoms with E-state index in [0.717, 1.165) is 5.75 Å². The van der Waals surface area contributed by atoms with E-state index in [4.69, 9.17) is 4.74 Å². The summed E-state index contributed by atoms with van der Waals surface area (Å²) in [6.45, 7) is 3.62. The van der Waals surface area contributed by atoms with Crippen molar-refractivity contribution in [2.45, 2.75) is 4.11 Å². The van der Waals surface area contributed by atoms with E-state index >= 15 is 0 Å². The highest BCUT2D eigenvalue weighted by molar-refractivity contribution is 14.1. The first kappa shape index (κ1) is 8.59. The fourth-order valence-corrected chi connectivity index (χ4v) is 0.971. The normalized spacial score (nSPS) is 12.1. The van der Waals surface area contributed by atoms with Crippen molar-refractivity contribution in [3.8, 4) is 5.75 Å². The minimum absolute atomic E-state index is 0.0509. The van der Waals surface area contributed by atoms with Crippen molar-refractivity contribution in [2.75, 3.05) is 0 Å². The fraction of sp³-hybridized carbons (Fsp3) is 0.111. The molecule has 58 valence electrons. The van der Waals surface area contributed by atoms with Gasteiger partial charge in [-0.15, -0.1) is 0 Å². The van der Waals surface area contributed by atoms with Crippen LogP contribution in [0.2, 0.25) is 0 Å². The summed E-state index contributed by atoms with van der Waals surface area (Å²) in [5, 5.41) is 0. The summed E-state index contributed by atoms with van der Waals surface area (Å²) >= 11 is 2.17. The number of hydrogen-bond donors (Lipinski definition) is 0. The zero-order valence-electron chi connectivity index (χ0n) is 6.03. The molecule has 0 radical (unpaired) electrons. The molecule has 0 N–H and O–H groups in total.